The fourth-order valence-corrected chi connectivity index (χ4v) is 4.20. The Morgan fingerprint density at radius 2 is 2.08 bits per heavy atom. The highest BCUT2D eigenvalue weighted by molar-refractivity contribution is 5.80. The van der Waals surface area contributed by atoms with E-state index in [1.165, 1.54) is 51.4 Å². The smallest absolute Gasteiger partial charge is 0.193 e. The molecule has 144 valence electrons. The number of halogens is 1. The molecule has 0 spiro atoms. The van der Waals surface area contributed by atoms with Crippen molar-refractivity contribution in [1.29, 1.82) is 0 Å². The number of piperidine rings is 1. The van der Waals surface area contributed by atoms with Gasteiger partial charge in [0, 0.05) is 33.2 Å². The van der Waals surface area contributed by atoms with E-state index < -0.39 is 0 Å². The third-order valence-corrected chi connectivity index (χ3v) is 5.58. The molecule has 1 N–H and O–H groups in total. The van der Waals surface area contributed by atoms with E-state index in [2.05, 4.69) is 20.1 Å². The summed E-state index contributed by atoms with van der Waals surface area (Å²) < 4.78 is 13.2. The van der Waals surface area contributed by atoms with Crippen LogP contribution in [-0.4, -0.2) is 62.1 Å². The lowest BCUT2D eigenvalue weighted by Crippen LogP contribution is -2.41. The molecule has 3 rings (SSSR count). The zero-order valence-electron chi connectivity index (χ0n) is 16.1. The third kappa shape index (κ3) is 5.70. The summed E-state index contributed by atoms with van der Waals surface area (Å²) in [5.74, 6) is 1.63. The van der Waals surface area contributed by atoms with Gasteiger partial charge < -0.3 is 15.1 Å². The lowest BCUT2D eigenvalue weighted by Gasteiger charge is -2.29. The summed E-state index contributed by atoms with van der Waals surface area (Å²) in [6, 6.07) is 6.89. The summed E-state index contributed by atoms with van der Waals surface area (Å²) in [4.78, 5) is 9.51. The number of rotatable bonds is 6. The summed E-state index contributed by atoms with van der Waals surface area (Å²) in [5.41, 5.74) is 1.06. The maximum Gasteiger partial charge on any atom is 0.193 e. The number of nitrogens with zero attached hydrogens (tertiary/aromatic N) is 3. The summed E-state index contributed by atoms with van der Waals surface area (Å²) >= 11 is 0. The first-order chi connectivity index (χ1) is 12.7. The molecule has 2 saturated heterocycles. The maximum atomic E-state index is 13.2. The predicted molar refractivity (Wildman–Crippen MR) is 106 cm³/mol. The highest BCUT2D eigenvalue weighted by Crippen LogP contribution is 2.19. The molecule has 2 fully saturated rings. The molecule has 4 nitrogen and oxygen atoms in total. The molecule has 2 aliphatic heterocycles. The minimum absolute atomic E-state index is 0.150. The van der Waals surface area contributed by atoms with Crippen LogP contribution >= 0.6 is 0 Å². The molecule has 5 heteroatoms. The average Bonchev–Trinajstić information content (AvgIpc) is 3.11. The van der Waals surface area contributed by atoms with Gasteiger partial charge in [0.15, 0.2) is 5.96 Å². The van der Waals surface area contributed by atoms with Crippen molar-refractivity contribution in [2.45, 2.75) is 38.5 Å². The summed E-state index contributed by atoms with van der Waals surface area (Å²) in [7, 11) is 1.87. The van der Waals surface area contributed by atoms with Gasteiger partial charge in [-0.1, -0.05) is 18.6 Å². The number of likely N-dealkylation sites (tertiary alicyclic amines) is 2. The Morgan fingerprint density at radius 3 is 2.85 bits per heavy atom. The molecular formula is C21H33FN4. The van der Waals surface area contributed by atoms with Crippen molar-refractivity contribution in [3.05, 3.63) is 35.6 Å². The second-order valence-corrected chi connectivity index (χ2v) is 7.67. The van der Waals surface area contributed by atoms with E-state index in [0.29, 0.717) is 0 Å². The third-order valence-electron chi connectivity index (χ3n) is 5.58. The predicted octanol–water partition coefficient (Wildman–Crippen LogP) is 3.14. The molecule has 0 bridgehead atoms. The van der Waals surface area contributed by atoms with Crippen LogP contribution in [0, 0.1) is 11.7 Å². The second-order valence-electron chi connectivity index (χ2n) is 7.67. The molecule has 1 atom stereocenters. The van der Waals surface area contributed by atoms with Crippen LogP contribution in [0.2, 0.25) is 0 Å². The van der Waals surface area contributed by atoms with Gasteiger partial charge in [-0.25, -0.2) is 4.39 Å². The Balaban J connectivity index is 1.37. The Kier molecular flexibility index (Phi) is 7.30. The van der Waals surface area contributed by atoms with Crippen LogP contribution in [0.4, 0.5) is 4.39 Å². The van der Waals surface area contributed by atoms with Gasteiger partial charge in [-0.2, -0.15) is 0 Å². The van der Waals surface area contributed by atoms with Crippen molar-refractivity contribution in [2.24, 2.45) is 10.9 Å². The van der Waals surface area contributed by atoms with E-state index in [0.717, 1.165) is 49.9 Å². The molecule has 1 unspecified atom stereocenters. The van der Waals surface area contributed by atoms with Crippen LogP contribution < -0.4 is 5.32 Å². The molecule has 26 heavy (non-hydrogen) atoms. The first-order valence-corrected chi connectivity index (χ1v) is 10.2. The molecule has 0 amide bonds. The highest BCUT2D eigenvalue weighted by atomic mass is 19.1. The molecule has 1 aromatic rings. The molecule has 0 radical (unpaired) electrons. The van der Waals surface area contributed by atoms with Crippen molar-refractivity contribution in [1.82, 2.24) is 15.1 Å². The van der Waals surface area contributed by atoms with Crippen molar-refractivity contribution in [2.75, 3.05) is 46.3 Å². The zero-order chi connectivity index (χ0) is 18.2. The first-order valence-electron chi connectivity index (χ1n) is 10.2. The average molecular weight is 361 g/mol. The number of benzene rings is 1. The van der Waals surface area contributed by atoms with Crippen LogP contribution in [0.3, 0.4) is 0 Å². The second kappa shape index (κ2) is 9.91. The largest absolute Gasteiger partial charge is 0.356 e. The number of hydrogen-bond donors (Lipinski definition) is 1. The molecular weight excluding hydrogens is 327 g/mol. The van der Waals surface area contributed by atoms with Crippen molar-refractivity contribution in [3.8, 4) is 0 Å². The number of guanidine groups is 1. The van der Waals surface area contributed by atoms with E-state index in [4.69, 9.17) is 0 Å². The quantitative estimate of drug-likeness (QED) is 0.480. The number of nitrogens with one attached hydrogen (secondary N) is 1. The standard InChI is InChI=1S/C21H33FN4/c1-23-21(24-11-6-8-18-7-5-9-20(22)15-18)26-14-10-19(17-26)16-25-12-3-2-4-13-25/h5,7,9,15,19H,2-4,6,8,10-14,16-17H2,1H3,(H,23,24). The van der Waals surface area contributed by atoms with Crippen LogP contribution in [0.5, 0.6) is 0 Å². The molecule has 0 aromatic heterocycles. The van der Waals surface area contributed by atoms with Crippen LogP contribution in [0.15, 0.2) is 29.3 Å². The Morgan fingerprint density at radius 1 is 1.23 bits per heavy atom. The van der Waals surface area contributed by atoms with Crippen LogP contribution in [-0.2, 0) is 6.42 Å². The lowest BCUT2D eigenvalue weighted by atomic mass is 10.1. The lowest BCUT2D eigenvalue weighted by molar-refractivity contribution is 0.198. The topological polar surface area (TPSA) is 30.9 Å². The summed E-state index contributed by atoms with van der Waals surface area (Å²) in [5, 5.41) is 3.49. The van der Waals surface area contributed by atoms with E-state index in [9.17, 15) is 4.39 Å². The SMILES string of the molecule is CN=C(NCCCc1cccc(F)c1)N1CCC(CN2CCCCC2)C1. The van der Waals surface area contributed by atoms with Crippen molar-refractivity contribution >= 4 is 5.96 Å². The van der Waals surface area contributed by atoms with Crippen LogP contribution in [0.1, 0.15) is 37.7 Å². The Bertz CT molecular complexity index is 583. The van der Waals surface area contributed by atoms with E-state index in [1.807, 2.05) is 13.1 Å². The fourth-order valence-electron chi connectivity index (χ4n) is 4.20. The Labute approximate surface area is 157 Å². The van der Waals surface area contributed by atoms with Gasteiger partial charge in [0.2, 0.25) is 0 Å². The highest BCUT2D eigenvalue weighted by Gasteiger charge is 2.26. The first kappa shape index (κ1) is 19.2. The van der Waals surface area contributed by atoms with Gasteiger partial charge in [0.25, 0.3) is 0 Å². The van der Waals surface area contributed by atoms with E-state index >= 15 is 0 Å². The van der Waals surface area contributed by atoms with Gasteiger partial charge in [0.1, 0.15) is 5.82 Å². The van der Waals surface area contributed by atoms with Gasteiger partial charge in [-0.05, 0) is 68.8 Å². The number of aliphatic imine (C=N–C) groups is 1. The normalized spacial score (nSPS) is 22.0. The number of aryl methyl sites for hydroxylation is 1. The molecule has 0 saturated carbocycles. The van der Waals surface area contributed by atoms with E-state index in [-0.39, 0.29) is 5.82 Å². The molecule has 2 heterocycles. The van der Waals surface area contributed by atoms with Crippen molar-refractivity contribution in [3.63, 3.8) is 0 Å². The summed E-state index contributed by atoms with van der Waals surface area (Å²) in [6.45, 7) is 6.89. The van der Waals surface area contributed by atoms with E-state index in [1.54, 1.807) is 12.1 Å². The molecule has 1 aromatic carbocycles. The van der Waals surface area contributed by atoms with Gasteiger partial charge >= 0.3 is 0 Å². The number of hydrogen-bond acceptors (Lipinski definition) is 2. The van der Waals surface area contributed by atoms with Gasteiger partial charge in [-0.3, -0.25) is 4.99 Å². The van der Waals surface area contributed by atoms with Gasteiger partial charge in [-0.15, -0.1) is 0 Å². The zero-order valence-corrected chi connectivity index (χ0v) is 16.1. The van der Waals surface area contributed by atoms with Gasteiger partial charge in [0.05, 0.1) is 0 Å². The summed E-state index contributed by atoms with van der Waals surface area (Å²) in [6.07, 6.45) is 7.27. The molecule has 2 aliphatic rings. The Hall–Kier alpha value is -1.62. The molecule has 0 aliphatic carbocycles. The van der Waals surface area contributed by atoms with Crippen LogP contribution in [0.25, 0.3) is 0 Å². The minimum Gasteiger partial charge on any atom is -0.356 e. The fraction of sp³-hybridized carbons (Fsp3) is 0.667. The maximum absolute atomic E-state index is 13.2. The monoisotopic (exact) mass is 360 g/mol. The minimum atomic E-state index is -0.150. The van der Waals surface area contributed by atoms with Crippen molar-refractivity contribution < 1.29 is 4.39 Å².